The van der Waals surface area contributed by atoms with Crippen LogP contribution in [-0.2, 0) is 0 Å². The van der Waals surface area contributed by atoms with Crippen molar-refractivity contribution in [1.82, 2.24) is 9.97 Å². The van der Waals surface area contributed by atoms with Crippen LogP contribution in [0, 0.1) is 6.92 Å². The lowest BCUT2D eigenvalue weighted by atomic mass is 10.1. The molecule has 1 N–H and O–H groups in total. The fourth-order valence-electron chi connectivity index (χ4n) is 3.06. The number of aromatic nitrogens is 2. The molecule has 0 saturated heterocycles. The molecule has 1 amide bonds. The normalized spacial score (nSPS) is 11.2. The molecule has 0 atom stereocenters. The van der Waals surface area contributed by atoms with Crippen LogP contribution in [0.3, 0.4) is 0 Å². The fraction of sp³-hybridized carbons (Fsp3) is 0.0455. The van der Waals surface area contributed by atoms with Crippen LogP contribution in [0.5, 0.6) is 0 Å². The van der Waals surface area contributed by atoms with Crippen LogP contribution < -0.4 is 5.32 Å². The van der Waals surface area contributed by atoms with E-state index in [9.17, 15) is 4.79 Å². The molecule has 3 aromatic heterocycles. The third-order valence-electron chi connectivity index (χ3n) is 4.55. The monoisotopic (exact) mass is 385 g/mol. The highest BCUT2D eigenvalue weighted by Crippen LogP contribution is 2.31. The molecule has 0 bridgehead atoms. The van der Waals surface area contributed by atoms with Gasteiger partial charge in [0.25, 0.3) is 5.91 Å². The molecular formula is C22H15N3O2S. The molecule has 0 fully saturated rings. The largest absolute Gasteiger partial charge is 0.451 e. The second kappa shape index (κ2) is 6.58. The third-order valence-corrected chi connectivity index (χ3v) is 5.58. The van der Waals surface area contributed by atoms with Crippen LogP contribution in [0.4, 0.5) is 5.69 Å². The van der Waals surface area contributed by atoms with E-state index in [1.165, 1.54) is 11.3 Å². The highest BCUT2D eigenvalue weighted by atomic mass is 32.1. The van der Waals surface area contributed by atoms with Crippen LogP contribution in [0.1, 0.15) is 16.1 Å². The second-order valence-corrected chi connectivity index (χ2v) is 7.46. The van der Waals surface area contributed by atoms with Crippen molar-refractivity contribution in [2.45, 2.75) is 6.92 Å². The number of aryl methyl sites for hydroxylation is 1. The van der Waals surface area contributed by atoms with Gasteiger partial charge in [-0.3, -0.25) is 4.79 Å². The number of thiazole rings is 1. The van der Waals surface area contributed by atoms with Gasteiger partial charge in [-0.1, -0.05) is 41.7 Å². The summed E-state index contributed by atoms with van der Waals surface area (Å²) in [5, 5.41) is 4.73. The van der Waals surface area contributed by atoms with Crippen molar-refractivity contribution in [3.8, 4) is 10.6 Å². The van der Waals surface area contributed by atoms with Gasteiger partial charge in [-0.05, 0) is 42.8 Å². The van der Waals surface area contributed by atoms with Crippen LogP contribution in [0.25, 0.3) is 31.9 Å². The maximum atomic E-state index is 12.7. The molecule has 136 valence electrons. The Morgan fingerprint density at radius 2 is 1.96 bits per heavy atom. The number of hydrogen-bond donors (Lipinski definition) is 1. The minimum atomic E-state index is -0.276. The number of furan rings is 1. The van der Waals surface area contributed by atoms with Crippen molar-refractivity contribution in [2.24, 2.45) is 0 Å². The first-order valence-electron chi connectivity index (χ1n) is 8.80. The van der Waals surface area contributed by atoms with Crippen LogP contribution in [0.15, 0.2) is 71.3 Å². The average Bonchev–Trinajstić information content (AvgIpc) is 3.33. The smallest absolute Gasteiger partial charge is 0.291 e. The molecule has 6 heteroatoms. The summed E-state index contributed by atoms with van der Waals surface area (Å²) in [5.74, 6) is 0.0117. The molecule has 0 radical (unpaired) electrons. The van der Waals surface area contributed by atoms with Crippen molar-refractivity contribution in [3.63, 3.8) is 0 Å². The van der Waals surface area contributed by atoms with Crippen molar-refractivity contribution in [1.29, 1.82) is 0 Å². The summed E-state index contributed by atoms with van der Waals surface area (Å²) in [4.78, 5) is 22.6. The Morgan fingerprint density at radius 3 is 2.82 bits per heavy atom. The maximum Gasteiger partial charge on any atom is 0.291 e. The highest BCUT2D eigenvalue weighted by molar-refractivity contribution is 7.21. The van der Waals surface area contributed by atoms with E-state index in [2.05, 4.69) is 15.3 Å². The van der Waals surface area contributed by atoms with Gasteiger partial charge in [0.05, 0.1) is 0 Å². The summed E-state index contributed by atoms with van der Waals surface area (Å²) < 4.78 is 5.67. The molecule has 2 aromatic carbocycles. The molecule has 0 unspecified atom stereocenters. The van der Waals surface area contributed by atoms with E-state index >= 15 is 0 Å². The summed E-state index contributed by atoms with van der Waals surface area (Å²) in [7, 11) is 0. The van der Waals surface area contributed by atoms with E-state index in [0.717, 1.165) is 37.6 Å². The zero-order chi connectivity index (χ0) is 19.1. The first kappa shape index (κ1) is 16.6. The van der Waals surface area contributed by atoms with E-state index in [-0.39, 0.29) is 11.7 Å². The predicted molar refractivity (Wildman–Crippen MR) is 112 cm³/mol. The minimum Gasteiger partial charge on any atom is -0.451 e. The van der Waals surface area contributed by atoms with Crippen LogP contribution in [-0.4, -0.2) is 15.9 Å². The van der Waals surface area contributed by atoms with Crippen LogP contribution in [0.2, 0.25) is 0 Å². The molecular weight excluding hydrogens is 370 g/mol. The molecule has 0 saturated carbocycles. The number of carbonyl (C=O) groups excluding carboxylic acids is 1. The van der Waals surface area contributed by atoms with E-state index in [1.807, 2.05) is 61.5 Å². The number of nitrogens with zero attached hydrogens (tertiary/aromatic N) is 2. The first-order chi connectivity index (χ1) is 13.7. The van der Waals surface area contributed by atoms with Crippen molar-refractivity contribution in [3.05, 3.63) is 78.2 Å². The summed E-state index contributed by atoms with van der Waals surface area (Å²) in [6, 6.07) is 19.1. The summed E-state index contributed by atoms with van der Waals surface area (Å²) >= 11 is 1.53. The van der Waals surface area contributed by atoms with E-state index in [4.69, 9.17) is 4.42 Å². The number of rotatable bonds is 3. The lowest BCUT2D eigenvalue weighted by Crippen LogP contribution is -2.11. The summed E-state index contributed by atoms with van der Waals surface area (Å²) in [5.41, 5.74) is 4.20. The zero-order valence-corrected chi connectivity index (χ0v) is 15.8. The van der Waals surface area contributed by atoms with Crippen LogP contribution >= 0.6 is 11.3 Å². The van der Waals surface area contributed by atoms with Gasteiger partial charge >= 0.3 is 0 Å². The first-order valence-corrected chi connectivity index (χ1v) is 9.61. The quantitative estimate of drug-likeness (QED) is 0.435. The third kappa shape index (κ3) is 2.93. The molecule has 3 heterocycles. The molecule has 0 aliphatic heterocycles. The fourth-order valence-corrected chi connectivity index (χ4v) is 3.96. The lowest BCUT2D eigenvalue weighted by Gasteiger charge is -2.08. The molecule has 0 aliphatic rings. The number of pyridine rings is 1. The van der Waals surface area contributed by atoms with Gasteiger partial charge in [0, 0.05) is 22.8 Å². The predicted octanol–water partition coefficient (Wildman–Crippen LogP) is 5.67. The molecule has 5 nitrogen and oxygen atoms in total. The molecule has 28 heavy (non-hydrogen) atoms. The standard InChI is InChI=1S/C22H15N3O2S/c1-13-8-9-15(21-25-16-6-4-10-23-22(16)28-21)11-17(13)24-20(26)19-12-14-5-2-3-7-18(14)27-19/h2-12H,1H3,(H,24,26). The van der Waals surface area contributed by atoms with Gasteiger partial charge < -0.3 is 9.73 Å². The lowest BCUT2D eigenvalue weighted by molar-refractivity contribution is 0.0998. The van der Waals surface area contributed by atoms with E-state index in [0.29, 0.717) is 5.58 Å². The Kier molecular flexibility index (Phi) is 3.91. The van der Waals surface area contributed by atoms with Gasteiger partial charge in [-0.25, -0.2) is 9.97 Å². The highest BCUT2D eigenvalue weighted by Gasteiger charge is 2.15. The van der Waals surface area contributed by atoms with Gasteiger partial charge in [-0.2, -0.15) is 0 Å². The minimum absolute atomic E-state index is 0.276. The number of amides is 1. The Bertz CT molecular complexity index is 1270. The van der Waals surface area contributed by atoms with E-state index in [1.54, 1.807) is 12.3 Å². The average molecular weight is 385 g/mol. The van der Waals surface area contributed by atoms with Gasteiger partial charge in [0.2, 0.25) is 0 Å². The van der Waals surface area contributed by atoms with Crippen molar-refractivity contribution < 1.29 is 9.21 Å². The Labute approximate surface area is 164 Å². The van der Waals surface area contributed by atoms with E-state index < -0.39 is 0 Å². The molecule has 0 spiro atoms. The number of anilines is 1. The molecule has 5 aromatic rings. The number of para-hydroxylation sites is 1. The van der Waals surface area contributed by atoms with Gasteiger partial charge in [-0.15, -0.1) is 0 Å². The second-order valence-electron chi connectivity index (χ2n) is 6.48. The summed E-state index contributed by atoms with van der Waals surface area (Å²) in [6.45, 7) is 1.96. The molecule has 5 rings (SSSR count). The number of hydrogen-bond acceptors (Lipinski definition) is 5. The Hall–Kier alpha value is -3.51. The van der Waals surface area contributed by atoms with Crippen molar-refractivity contribution in [2.75, 3.05) is 5.32 Å². The van der Waals surface area contributed by atoms with Crippen molar-refractivity contribution >= 4 is 44.2 Å². The SMILES string of the molecule is Cc1ccc(-c2nc3cccnc3s2)cc1NC(=O)c1cc2ccccc2o1. The number of nitrogens with one attached hydrogen (secondary N) is 1. The number of benzene rings is 2. The zero-order valence-electron chi connectivity index (χ0n) is 15.0. The number of carbonyl (C=O) groups is 1. The van der Waals surface area contributed by atoms with Gasteiger partial charge in [0.15, 0.2) is 5.76 Å². The topological polar surface area (TPSA) is 68.0 Å². The number of fused-ring (bicyclic) bond motifs is 2. The van der Waals surface area contributed by atoms with Gasteiger partial charge in [0.1, 0.15) is 20.9 Å². The Morgan fingerprint density at radius 1 is 1.07 bits per heavy atom. The maximum absolute atomic E-state index is 12.7. The Balaban J connectivity index is 1.47. The molecule has 0 aliphatic carbocycles. The summed E-state index contributed by atoms with van der Waals surface area (Å²) in [6.07, 6.45) is 1.76.